The molecule has 0 amide bonds. The fourth-order valence-corrected chi connectivity index (χ4v) is 2.91. The summed E-state index contributed by atoms with van der Waals surface area (Å²) in [6.45, 7) is 9.66. The molecule has 0 aromatic heterocycles. The van der Waals surface area contributed by atoms with Gasteiger partial charge >= 0.3 is 0 Å². The fourth-order valence-electron chi connectivity index (χ4n) is 2.91. The maximum Gasteiger partial charge on any atom is 0.126 e. The van der Waals surface area contributed by atoms with Crippen molar-refractivity contribution in [3.05, 3.63) is 48.0 Å². The highest BCUT2D eigenvalue weighted by molar-refractivity contribution is 5.86. The van der Waals surface area contributed by atoms with Crippen LogP contribution in [-0.2, 0) is 0 Å². The first-order valence-electron chi connectivity index (χ1n) is 9.20. The number of aromatic hydroxyl groups is 1. The first kappa shape index (κ1) is 19.8. The van der Waals surface area contributed by atoms with Gasteiger partial charge in [-0.05, 0) is 57.2 Å². The fraction of sp³-hybridized carbons (Fsp3) is 0.381. The largest absolute Gasteiger partial charge is 0.507 e. The van der Waals surface area contributed by atoms with E-state index in [9.17, 15) is 5.11 Å². The first-order chi connectivity index (χ1) is 12.6. The van der Waals surface area contributed by atoms with E-state index in [1.165, 1.54) is 0 Å². The van der Waals surface area contributed by atoms with Crippen LogP contribution in [0.3, 0.4) is 0 Å². The van der Waals surface area contributed by atoms with Crippen molar-refractivity contribution in [1.29, 1.82) is 0 Å². The molecule has 0 saturated heterocycles. The van der Waals surface area contributed by atoms with Crippen LogP contribution in [0.2, 0.25) is 0 Å². The maximum absolute atomic E-state index is 10.3. The predicted molar refractivity (Wildman–Crippen MR) is 110 cm³/mol. The molecule has 0 aliphatic rings. The minimum Gasteiger partial charge on any atom is -0.507 e. The molecule has 0 bridgehead atoms. The normalized spacial score (nSPS) is 11.1. The number of likely N-dealkylation sites (N-methyl/N-ethyl adjacent to an activating group) is 1. The van der Waals surface area contributed by atoms with Gasteiger partial charge in [0.2, 0.25) is 0 Å². The van der Waals surface area contributed by atoms with Gasteiger partial charge in [-0.3, -0.25) is 4.99 Å². The van der Waals surface area contributed by atoms with Gasteiger partial charge in [0.05, 0.1) is 12.3 Å². The summed E-state index contributed by atoms with van der Waals surface area (Å²) in [5.74, 6) is 0.231. The summed E-state index contributed by atoms with van der Waals surface area (Å²) in [4.78, 5) is 8.75. The number of rotatable bonds is 9. The molecule has 140 valence electrons. The molecule has 0 saturated carbocycles. The molecule has 26 heavy (non-hydrogen) atoms. The number of aliphatic hydroxyl groups excluding tert-OH is 1. The molecule has 0 unspecified atom stereocenters. The van der Waals surface area contributed by atoms with E-state index in [4.69, 9.17) is 5.11 Å². The molecule has 0 fully saturated rings. The highest BCUT2D eigenvalue weighted by atomic mass is 16.3. The monoisotopic (exact) mass is 355 g/mol. The third-order valence-electron chi connectivity index (χ3n) is 4.46. The van der Waals surface area contributed by atoms with Crippen LogP contribution in [0.4, 0.5) is 17.1 Å². The summed E-state index contributed by atoms with van der Waals surface area (Å²) in [5, 5.41) is 19.4. The molecule has 5 nitrogen and oxygen atoms in total. The highest BCUT2D eigenvalue weighted by Gasteiger charge is 2.06. The van der Waals surface area contributed by atoms with Gasteiger partial charge in [0.1, 0.15) is 5.75 Å². The Morgan fingerprint density at radius 2 is 1.50 bits per heavy atom. The molecule has 0 atom stereocenters. The van der Waals surface area contributed by atoms with Crippen LogP contribution in [0.1, 0.15) is 26.3 Å². The van der Waals surface area contributed by atoms with Gasteiger partial charge < -0.3 is 20.0 Å². The van der Waals surface area contributed by atoms with Crippen LogP contribution >= 0.6 is 0 Å². The van der Waals surface area contributed by atoms with Crippen LogP contribution in [0, 0.1) is 0 Å². The van der Waals surface area contributed by atoms with E-state index in [0.717, 1.165) is 36.7 Å². The molecular formula is C21H29N3O2. The second-order valence-corrected chi connectivity index (χ2v) is 5.99. The lowest BCUT2D eigenvalue weighted by Crippen LogP contribution is -2.25. The van der Waals surface area contributed by atoms with Crippen molar-refractivity contribution in [2.75, 3.05) is 42.6 Å². The SMILES string of the molecule is CCN(CC)c1ccc(C=Nc2ccc(N(CC)CCO)cc2)c(O)c1. The van der Waals surface area contributed by atoms with Gasteiger partial charge in [-0.1, -0.05) is 0 Å². The van der Waals surface area contributed by atoms with Crippen molar-refractivity contribution < 1.29 is 10.2 Å². The van der Waals surface area contributed by atoms with E-state index >= 15 is 0 Å². The van der Waals surface area contributed by atoms with Crippen LogP contribution in [-0.4, -0.2) is 49.2 Å². The summed E-state index contributed by atoms with van der Waals surface area (Å²) in [6, 6.07) is 13.5. The molecule has 2 aromatic carbocycles. The lowest BCUT2D eigenvalue weighted by atomic mass is 10.1. The number of hydrogen-bond donors (Lipinski definition) is 2. The molecule has 5 heteroatoms. The number of benzene rings is 2. The second kappa shape index (κ2) is 9.82. The van der Waals surface area contributed by atoms with E-state index in [1.54, 1.807) is 12.3 Å². The minimum atomic E-state index is 0.135. The number of phenolic OH excluding ortho intramolecular Hbond substituents is 1. The average molecular weight is 355 g/mol. The second-order valence-electron chi connectivity index (χ2n) is 5.99. The Morgan fingerprint density at radius 1 is 0.885 bits per heavy atom. The Kier molecular flexibility index (Phi) is 7.48. The third kappa shape index (κ3) is 4.99. The Morgan fingerprint density at radius 3 is 2.04 bits per heavy atom. The molecule has 2 N–H and O–H groups in total. The van der Waals surface area contributed by atoms with Gasteiger partial charge in [0.15, 0.2) is 0 Å². The Bertz CT molecular complexity index is 710. The van der Waals surface area contributed by atoms with Gasteiger partial charge in [0, 0.05) is 55.4 Å². The van der Waals surface area contributed by atoms with E-state index < -0.39 is 0 Å². The number of phenols is 1. The number of aliphatic imine (C=N–C) groups is 1. The molecule has 0 radical (unpaired) electrons. The van der Waals surface area contributed by atoms with E-state index in [0.29, 0.717) is 12.1 Å². The zero-order valence-electron chi connectivity index (χ0n) is 15.9. The summed E-state index contributed by atoms with van der Waals surface area (Å²) in [6.07, 6.45) is 1.68. The summed E-state index contributed by atoms with van der Waals surface area (Å²) < 4.78 is 0. The van der Waals surface area contributed by atoms with Crippen molar-refractivity contribution in [2.24, 2.45) is 4.99 Å². The molecule has 2 aromatic rings. The number of nitrogens with zero attached hydrogens (tertiary/aromatic N) is 3. The maximum atomic E-state index is 10.3. The molecular weight excluding hydrogens is 326 g/mol. The van der Waals surface area contributed by atoms with Crippen molar-refractivity contribution >= 4 is 23.3 Å². The third-order valence-corrected chi connectivity index (χ3v) is 4.46. The van der Waals surface area contributed by atoms with Crippen molar-refractivity contribution in [3.63, 3.8) is 0 Å². The number of hydrogen-bond acceptors (Lipinski definition) is 5. The molecule has 0 aliphatic carbocycles. The summed E-state index contributed by atoms with van der Waals surface area (Å²) in [5.41, 5.74) is 3.59. The van der Waals surface area contributed by atoms with Crippen molar-refractivity contribution in [3.8, 4) is 5.75 Å². The average Bonchev–Trinajstić information content (AvgIpc) is 2.67. The van der Waals surface area contributed by atoms with E-state index in [1.807, 2.05) is 36.4 Å². The van der Waals surface area contributed by atoms with Crippen LogP contribution in [0.25, 0.3) is 0 Å². The standard InChI is InChI=1S/C21H29N3O2/c1-4-23(5-2)20-10-7-17(21(26)15-20)16-22-18-8-11-19(12-9-18)24(6-3)13-14-25/h7-12,15-16,25-26H,4-6,13-14H2,1-3H3. The zero-order chi connectivity index (χ0) is 18.9. The summed E-state index contributed by atoms with van der Waals surface area (Å²) in [7, 11) is 0. The van der Waals surface area contributed by atoms with Crippen LogP contribution in [0.5, 0.6) is 5.75 Å². The number of anilines is 2. The molecule has 0 aliphatic heterocycles. The zero-order valence-corrected chi connectivity index (χ0v) is 15.9. The van der Waals surface area contributed by atoms with Crippen LogP contribution in [0.15, 0.2) is 47.5 Å². The molecule has 0 heterocycles. The lowest BCUT2D eigenvalue weighted by Gasteiger charge is -2.21. The predicted octanol–water partition coefficient (Wildman–Crippen LogP) is 3.81. The molecule has 2 rings (SSSR count). The van der Waals surface area contributed by atoms with Crippen molar-refractivity contribution in [1.82, 2.24) is 0 Å². The Balaban J connectivity index is 2.12. The lowest BCUT2D eigenvalue weighted by molar-refractivity contribution is 0.302. The van der Waals surface area contributed by atoms with Gasteiger partial charge in [-0.15, -0.1) is 0 Å². The first-order valence-corrected chi connectivity index (χ1v) is 9.20. The highest BCUT2D eigenvalue weighted by Crippen LogP contribution is 2.25. The van der Waals surface area contributed by atoms with E-state index in [-0.39, 0.29) is 12.4 Å². The molecule has 0 spiro atoms. The smallest absolute Gasteiger partial charge is 0.126 e. The number of aliphatic hydroxyl groups is 1. The van der Waals surface area contributed by atoms with Gasteiger partial charge in [-0.2, -0.15) is 0 Å². The minimum absolute atomic E-state index is 0.135. The van der Waals surface area contributed by atoms with Gasteiger partial charge in [0.25, 0.3) is 0 Å². The Labute approximate surface area is 156 Å². The summed E-state index contributed by atoms with van der Waals surface area (Å²) >= 11 is 0. The van der Waals surface area contributed by atoms with Crippen LogP contribution < -0.4 is 9.80 Å². The topological polar surface area (TPSA) is 59.3 Å². The van der Waals surface area contributed by atoms with Gasteiger partial charge in [-0.25, -0.2) is 0 Å². The van der Waals surface area contributed by atoms with E-state index in [2.05, 4.69) is 35.6 Å². The van der Waals surface area contributed by atoms with Crippen molar-refractivity contribution in [2.45, 2.75) is 20.8 Å². The Hall–Kier alpha value is -2.53. The quantitative estimate of drug-likeness (QED) is 0.672.